The van der Waals surface area contributed by atoms with Gasteiger partial charge in [0.15, 0.2) is 0 Å². The molecule has 1 heterocycles. The zero-order valence-corrected chi connectivity index (χ0v) is 11.0. The van der Waals surface area contributed by atoms with Gasteiger partial charge in [0.05, 0.1) is 7.11 Å². The molecule has 5 nitrogen and oxygen atoms in total. The van der Waals surface area contributed by atoms with E-state index in [2.05, 4.69) is 4.98 Å². The number of nitrogen functional groups attached to an aromatic ring is 1. The number of ether oxygens (including phenoxy) is 1. The number of hydrogen-bond donors (Lipinski definition) is 1. The number of hydrogen-bond acceptors (Lipinski definition) is 4. The Kier molecular flexibility index (Phi) is 3.85. The molecule has 1 aromatic heterocycles. The van der Waals surface area contributed by atoms with Crippen molar-refractivity contribution >= 4 is 11.7 Å². The van der Waals surface area contributed by atoms with E-state index < -0.39 is 0 Å². The molecular formula is C14H17N3O2. The van der Waals surface area contributed by atoms with E-state index in [0.717, 1.165) is 17.1 Å². The van der Waals surface area contributed by atoms with Gasteiger partial charge in [0.2, 0.25) is 0 Å². The minimum Gasteiger partial charge on any atom is -0.467 e. The van der Waals surface area contributed by atoms with Crippen LogP contribution < -0.4 is 5.73 Å². The smallest absolute Gasteiger partial charge is 0.328 e. The molecule has 1 unspecified atom stereocenters. The predicted octanol–water partition coefficient (Wildman–Crippen LogP) is 1.79. The molecule has 0 aliphatic rings. The summed E-state index contributed by atoms with van der Waals surface area (Å²) >= 11 is 0. The molecule has 2 rings (SSSR count). The Morgan fingerprint density at radius 3 is 3.00 bits per heavy atom. The maximum atomic E-state index is 11.6. The van der Waals surface area contributed by atoms with Gasteiger partial charge >= 0.3 is 5.97 Å². The first kappa shape index (κ1) is 13.1. The highest BCUT2D eigenvalue weighted by Crippen LogP contribution is 2.16. The highest BCUT2D eigenvalue weighted by atomic mass is 16.5. The summed E-state index contributed by atoms with van der Waals surface area (Å²) in [5.74, 6) is 0.523. The van der Waals surface area contributed by atoms with Crippen LogP contribution in [0.2, 0.25) is 0 Å². The Morgan fingerprint density at radius 1 is 1.53 bits per heavy atom. The number of carbonyl (C=O) groups is 1. The molecule has 0 amide bonds. The standard InChI is InChI=1S/C14H17N3O2/c1-10(14(18)19-2)17-7-6-16-13(17)9-11-4-3-5-12(15)8-11/h3-8,10H,9,15H2,1-2H3. The van der Waals surface area contributed by atoms with Crippen LogP contribution in [0.15, 0.2) is 36.7 Å². The lowest BCUT2D eigenvalue weighted by Gasteiger charge is -2.14. The van der Waals surface area contributed by atoms with E-state index in [0.29, 0.717) is 6.42 Å². The molecule has 0 bridgehead atoms. The lowest BCUT2D eigenvalue weighted by molar-refractivity contribution is -0.144. The summed E-state index contributed by atoms with van der Waals surface area (Å²) in [5.41, 5.74) is 7.53. The Hall–Kier alpha value is -2.30. The van der Waals surface area contributed by atoms with Crippen LogP contribution in [0.4, 0.5) is 5.69 Å². The largest absolute Gasteiger partial charge is 0.467 e. The topological polar surface area (TPSA) is 70.1 Å². The van der Waals surface area contributed by atoms with E-state index in [-0.39, 0.29) is 12.0 Å². The van der Waals surface area contributed by atoms with Crippen molar-refractivity contribution in [2.75, 3.05) is 12.8 Å². The van der Waals surface area contributed by atoms with Crippen LogP contribution in [0, 0.1) is 0 Å². The molecule has 5 heteroatoms. The number of nitrogens with zero attached hydrogens (tertiary/aromatic N) is 2. The second-order valence-electron chi connectivity index (χ2n) is 4.37. The summed E-state index contributed by atoms with van der Waals surface area (Å²) < 4.78 is 6.57. The van der Waals surface area contributed by atoms with E-state index in [1.807, 2.05) is 28.8 Å². The maximum Gasteiger partial charge on any atom is 0.328 e. The molecule has 0 saturated heterocycles. The SMILES string of the molecule is COC(=O)C(C)n1ccnc1Cc1cccc(N)c1. The number of benzene rings is 1. The van der Waals surface area contributed by atoms with E-state index in [1.165, 1.54) is 7.11 Å². The van der Waals surface area contributed by atoms with Gasteiger partial charge < -0.3 is 15.0 Å². The van der Waals surface area contributed by atoms with Crippen molar-refractivity contribution in [1.29, 1.82) is 0 Å². The molecule has 2 aromatic rings. The van der Waals surface area contributed by atoms with E-state index >= 15 is 0 Å². The predicted molar refractivity (Wildman–Crippen MR) is 72.6 cm³/mol. The van der Waals surface area contributed by atoms with Crippen LogP contribution in [0.25, 0.3) is 0 Å². The van der Waals surface area contributed by atoms with Crippen LogP contribution in [-0.2, 0) is 16.0 Å². The maximum absolute atomic E-state index is 11.6. The third kappa shape index (κ3) is 2.93. The zero-order valence-electron chi connectivity index (χ0n) is 11.0. The summed E-state index contributed by atoms with van der Waals surface area (Å²) in [4.78, 5) is 15.9. The molecule has 0 saturated carbocycles. The number of esters is 1. The van der Waals surface area contributed by atoms with Gasteiger partial charge in [0.25, 0.3) is 0 Å². The van der Waals surface area contributed by atoms with Gasteiger partial charge in [-0.15, -0.1) is 0 Å². The van der Waals surface area contributed by atoms with E-state index in [1.54, 1.807) is 19.3 Å². The molecule has 19 heavy (non-hydrogen) atoms. The van der Waals surface area contributed by atoms with Crippen molar-refractivity contribution in [3.05, 3.63) is 48.0 Å². The molecule has 1 atom stereocenters. The minimum absolute atomic E-state index is 0.285. The lowest BCUT2D eigenvalue weighted by Crippen LogP contribution is -2.19. The molecule has 2 N–H and O–H groups in total. The van der Waals surface area contributed by atoms with Gasteiger partial charge in [0, 0.05) is 24.5 Å². The summed E-state index contributed by atoms with van der Waals surface area (Å²) in [5, 5.41) is 0. The highest BCUT2D eigenvalue weighted by Gasteiger charge is 2.18. The Balaban J connectivity index is 2.23. The first-order valence-corrected chi connectivity index (χ1v) is 6.05. The number of imidazole rings is 1. The Morgan fingerprint density at radius 2 is 2.32 bits per heavy atom. The van der Waals surface area contributed by atoms with Crippen molar-refractivity contribution in [2.24, 2.45) is 0 Å². The fourth-order valence-corrected chi connectivity index (χ4v) is 2.00. The minimum atomic E-state index is -0.386. The molecule has 0 aliphatic heterocycles. The van der Waals surface area contributed by atoms with Gasteiger partial charge in [0.1, 0.15) is 11.9 Å². The van der Waals surface area contributed by atoms with Crippen LogP contribution in [-0.4, -0.2) is 22.6 Å². The second kappa shape index (κ2) is 5.56. The van der Waals surface area contributed by atoms with Crippen LogP contribution >= 0.6 is 0 Å². The monoisotopic (exact) mass is 259 g/mol. The van der Waals surface area contributed by atoms with Crippen molar-refractivity contribution in [3.63, 3.8) is 0 Å². The highest BCUT2D eigenvalue weighted by molar-refractivity contribution is 5.73. The van der Waals surface area contributed by atoms with Crippen LogP contribution in [0.3, 0.4) is 0 Å². The van der Waals surface area contributed by atoms with Gasteiger partial charge in [-0.05, 0) is 24.6 Å². The fraction of sp³-hybridized carbons (Fsp3) is 0.286. The van der Waals surface area contributed by atoms with Crippen molar-refractivity contribution in [1.82, 2.24) is 9.55 Å². The van der Waals surface area contributed by atoms with Gasteiger partial charge in [-0.2, -0.15) is 0 Å². The summed E-state index contributed by atoms with van der Waals surface area (Å²) in [7, 11) is 1.38. The average Bonchev–Trinajstić information content (AvgIpc) is 2.85. The van der Waals surface area contributed by atoms with Gasteiger partial charge in [-0.25, -0.2) is 9.78 Å². The quantitative estimate of drug-likeness (QED) is 0.671. The summed E-state index contributed by atoms with van der Waals surface area (Å²) in [6.45, 7) is 1.79. The molecule has 0 spiro atoms. The molecule has 0 radical (unpaired) electrons. The van der Waals surface area contributed by atoms with Crippen LogP contribution in [0.1, 0.15) is 24.4 Å². The summed E-state index contributed by atoms with van der Waals surface area (Å²) in [6, 6.07) is 7.25. The first-order chi connectivity index (χ1) is 9.11. The zero-order chi connectivity index (χ0) is 13.8. The molecule has 0 aliphatic carbocycles. The van der Waals surface area contributed by atoms with Gasteiger partial charge in [-0.3, -0.25) is 0 Å². The number of anilines is 1. The molecule has 1 aromatic carbocycles. The number of nitrogens with two attached hydrogens (primary N) is 1. The van der Waals surface area contributed by atoms with E-state index in [9.17, 15) is 4.79 Å². The van der Waals surface area contributed by atoms with Crippen LogP contribution in [0.5, 0.6) is 0 Å². The van der Waals surface area contributed by atoms with Gasteiger partial charge in [-0.1, -0.05) is 12.1 Å². The Labute approximate surface area is 112 Å². The number of carbonyl (C=O) groups excluding carboxylic acids is 1. The van der Waals surface area contributed by atoms with E-state index in [4.69, 9.17) is 10.5 Å². The fourth-order valence-electron chi connectivity index (χ4n) is 2.00. The third-order valence-electron chi connectivity index (χ3n) is 3.02. The number of rotatable bonds is 4. The first-order valence-electron chi connectivity index (χ1n) is 6.05. The van der Waals surface area contributed by atoms with Crippen molar-refractivity contribution in [2.45, 2.75) is 19.4 Å². The normalized spacial score (nSPS) is 12.1. The lowest BCUT2D eigenvalue weighted by atomic mass is 10.1. The number of methoxy groups -OCH3 is 1. The second-order valence-corrected chi connectivity index (χ2v) is 4.37. The third-order valence-corrected chi connectivity index (χ3v) is 3.02. The summed E-state index contributed by atoms with van der Waals surface area (Å²) in [6.07, 6.45) is 4.09. The van der Waals surface area contributed by atoms with Crippen molar-refractivity contribution < 1.29 is 9.53 Å². The Bertz CT molecular complexity index is 578. The molecule has 0 fully saturated rings. The number of aromatic nitrogens is 2. The average molecular weight is 259 g/mol. The van der Waals surface area contributed by atoms with Crippen molar-refractivity contribution in [3.8, 4) is 0 Å². The molecule has 100 valence electrons. The molecular weight excluding hydrogens is 242 g/mol.